The summed E-state index contributed by atoms with van der Waals surface area (Å²) < 4.78 is 5.52. The topological polar surface area (TPSA) is 49.8 Å². The Morgan fingerprint density at radius 2 is 2.32 bits per heavy atom. The van der Waals surface area contributed by atoms with Gasteiger partial charge in [0.2, 0.25) is 0 Å². The van der Waals surface area contributed by atoms with E-state index in [0.29, 0.717) is 24.6 Å². The lowest BCUT2D eigenvalue weighted by Gasteiger charge is -2.37. The van der Waals surface area contributed by atoms with Crippen LogP contribution >= 0.6 is 11.6 Å². The van der Waals surface area contributed by atoms with Crippen LogP contribution in [-0.4, -0.2) is 47.1 Å². The number of hydrogen-bond acceptors (Lipinski definition) is 3. The van der Waals surface area contributed by atoms with Crippen molar-refractivity contribution in [3.8, 4) is 5.75 Å². The molecule has 1 aromatic carbocycles. The number of nitrogens with zero attached hydrogens (tertiary/aromatic N) is 1. The molecule has 19 heavy (non-hydrogen) atoms. The van der Waals surface area contributed by atoms with Crippen LogP contribution < -0.4 is 0 Å². The van der Waals surface area contributed by atoms with Gasteiger partial charge in [0.15, 0.2) is 0 Å². The van der Waals surface area contributed by atoms with E-state index in [1.807, 2.05) is 13.8 Å². The molecule has 1 N–H and O–H groups in total. The Bertz CT molecular complexity index is 478. The second kappa shape index (κ2) is 5.80. The highest BCUT2D eigenvalue weighted by Crippen LogP contribution is 2.23. The van der Waals surface area contributed by atoms with Gasteiger partial charge in [-0.2, -0.15) is 0 Å². The molecule has 1 aliphatic rings. The Morgan fingerprint density at radius 3 is 3.00 bits per heavy atom. The number of benzene rings is 1. The van der Waals surface area contributed by atoms with Crippen LogP contribution in [0, 0.1) is 6.92 Å². The lowest BCUT2D eigenvalue weighted by Crippen LogP contribution is -2.51. The molecule has 0 aromatic heterocycles. The number of aromatic hydroxyl groups is 1. The first kappa shape index (κ1) is 14.2. The number of rotatable bonds is 2. The number of carbonyl (C=O) groups is 1. The normalized spacial score (nSPS) is 23.4. The molecule has 0 spiro atoms. The summed E-state index contributed by atoms with van der Waals surface area (Å²) in [7, 11) is 0. The second-order valence-corrected chi connectivity index (χ2v) is 5.25. The number of hydrogen-bond donors (Lipinski definition) is 1. The van der Waals surface area contributed by atoms with Crippen LogP contribution in [-0.2, 0) is 4.74 Å². The average molecular weight is 284 g/mol. The highest BCUT2D eigenvalue weighted by atomic mass is 35.5. The van der Waals surface area contributed by atoms with Crippen molar-refractivity contribution in [2.45, 2.75) is 26.0 Å². The zero-order valence-electron chi connectivity index (χ0n) is 11.1. The summed E-state index contributed by atoms with van der Waals surface area (Å²) in [5.74, 6) is 0.194. The van der Waals surface area contributed by atoms with Crippen LogP contribution in [0.15, 0.2) is 18.2 Å². The van der Waals surface area contributed by atoms with Gasteiger partial charge in [0.05, 0.1) is 30.2 Å². The predicted molar refractivity (Wildman–Crippen MR) is 73.8 cm³/mol. The third-order valence-electron chi connectivity index (χ3n) is 3.32. The highest BCUT2D eigenvalue weighted by molar-refractivity contribution is 6.18. The van der Waals surface area contributed by atoms with Gasteiger partial charge in [0.25, 0.3) is 5.91 Å². The fraction of sp³-hybridized carbons (Fsp3) is 0.500. The van der Waals surface area contributed by atoms with Gasteiger partial charge in [0, 0.05) is 6.54 Å². The number of alkyl halides is 1. The Morgan fingerprint density at radius 1 is 1.58 bits per heavy atom. The minimum absolute atomic E-state index is 0.0108. The standard InChI is InChI=1S/C14H18ClNO3/c1-9-3-4-13(17)12(5-9)14(18)16-7-11(6-15)19-8-10(16)2/h3-5,10-11,17H,6-8H2,1-2H3. The largest absolute Gasteiger partial charge is 0.507 e. The Hall–Kier alpha value is -1.26. The van der Waals surface area contributed by atoms with Gasteiger partial charge in [-0.25, -0.2) is 0 Å². The second-order valence-electron chi connectivity index (χ2n) is 4.94. The number of amides is 1. The van der Waals surface area contributed by atoms with E-state index in [4.69, 9.17) is 16.3 Å². The number of phenols is 1. The summed E-state index contributed by atoms with van der Waals surface area (Å²) in [6, 6.07) is 5.01. The Balaban J connectivity index is 2.24. The van der Waals surface area contributed by atoms with E-state index in [-0.39, 0.29) is 23.8 Å². The molecule has 0 aliphatic carbocycles. The summed E-state index contributed by atoms with van der Waals surface area (Å²) in [5.41, 5.74) is 1.28. The molecule has 2 atom stereocenters. The zero-order chi connectivity index (χ0) is 14.0. The first-order chi connectivity index (χ1) is 9.02. The number of phenolic OH excluding ortho intramolecular Hbond substituents is 1. The van der Waals surface area contributed by atoms with Gasteiger partial charge in [-0.1, -0.05) is 11.6 Å². The SMILES string of the molecule is Cc1ccc(O)c(C(=O)N2CC(CCl)OCC2C)c1. The number of carbonyl (C=O) groups excluding carboxylic acids is 1. The third kappa shape index (κ3) is 3.01. The maximum absolute atomic E-state index is 12.5. The maximum Gasteiger partial charge on any atom is 0.258 e. The van der Waals surface area contributed by atoms with Gasteiger partial charge >= 0.3 is 0 Å². The lowest BCUT2D eigenvalue weighted by molar-refractivity contribution is -0.0372. The number of halogens is 1. The monoisotopic (exact) mass is 283 g/mol. The Labute approximate surface area is 117 Å². The summed E-state index contributed by atoms with van der Waals surface area (Å²) in [6.45, 7) is 4.74. The number of ether oxygens (including phenoxy) is 1. The molecule has 0 saturated carbocycles. The molecule has 1 aromatic rings. The predicted octanol–water partition coefficient (Wildman–Crippen LogP) is 2.17. The summed E-state index contributed by atoms with van der Waals surface area (Å²) in [6.07, 6.45) is -0.145. The van der Waals surface area contributed by atoms with Crippen LogP contribution in [0.1, 0.15) is 22.8 Å². The van der Waals surface area contributed by atoms with Gasteiger partial charge in [-0.15, -0.1) is 11.6 Å². The smallest absolute Gasteiger partial charge is 0.258 e. The molecule has 2 rings (SSSR count). The lowest BCUT2D eigenvalue weighted by atomic mass is 10.1. The van der Waals surface area contributed by atoms with Crippen LogP contribution in [0.2, 0.25) is 0 Å². The molecule has 1 aliphatic heterocycles. The van der Waals surface area contributed by atoms with E-state index in [2.05, 4.69) is 0 Å². The van der Waals surface area contributed by atoms with Crippen molar-refractivity contribution in [3.05, 3.63) is 29.3 Å². The van der Waals surface area contributed by atoms with Crippen LogP contribution in [0.3, 0.4) is 0 Å². The fourth-order valence-corrected chi connectivity index (χ4v) is 2.36. The first-order valence-corrected chi connectivity index (χ1v) is 6.84. The molecule has 4 nitrogen and oxygen atoms in total. The molecule has 0 bridgehead atoms. The minimum atomic E-state index is -0.174. The molecular weight excluding hydrogens is 266 g/mol. The molecule has 2 unspecified atom stereocenters. The highest BCUT2D eigenvalue weighted by Gasteiger charge is 2.30. The number of aryl methyl sites for hydroxylation is 1. The van der Waals surface area contributed by atoms with Crippen molar-refractivity contribution >= 4 is 17.5 Å². The Kier molecular flexibility index (Phi) is 4.32. The zero-order valence-corrected chi connectivity index (χ0v) is 11.9. The van der Waals surface area contributed by atoms with Crippen LogP contribution in [0.25, 0.3) is 0 Å². The van der Waals surface area contributed by atoms with Crippen molar-refractivity contribution in [2.75, 3.05) is 19.0 Å². The van der Waals surface area contributed by atoms with E-state index >= 15 is 0 Å². The van der Waals surface area contributed by atoms with Gasteiger partial charge in [-0.05, 0) is 26.0 Å². The van der Waals surface area contributed by atoms with E-state index in [9.17, 15) is 9.90 Å². The van der Waals surface area contributed by atoms with Gasteiger partial charge < -0.3 is 14.7 Å². The molecule has 5 heteroatoms. The van der Waals surface area contributed by atoms with E-state index < -0.39 is 0 Å². The summed E-state index contributed by atoms with van der Waals surface area (Å²) >= 11 is 5.79. The van der Waals surface area contributed by atoms with Crippen molar-refractivity contribution in [3.63, 3.8) is 0 Å². The average Bonchev–Trinajstić information content (AvgIpc) is 2.41. The quantitative estimate of drug-likeness (QED) is 0.846. The number of morpholine rings is 1. The van der Waals surface area contributed by atoms with E-state index in [0.717, 1.165) is 5.56 Å². The molecule has 104 valence electrons. The van der Waals surface area contributed by atoms with Crippen LogP contribution in [0.4, 0.5) is 0 Å². The van der Waals surface area contributed by atoms with Gasteiger partial charge in [-0.3, -0.25) is 4.79 Å². The summed E-state index contributed by atoms with van der Waals surface area (Å²) in [4.78, 5) is 14.2. The molecule has 1 heterocycles. The molecule has 0 radical (unpaired) electrons. The van der Waals surface area contributed by atoms with Crippen LogP contribution in [0.5, 0.6) is 5.75 Å². The van der Waals surface area contributed by atoms with E-state index in [1.165, 1.54) is 0 Å². The van der Waals surface area contributed by atoms with Gasteiger partial charge in [0.1, 0.15) is 5.75 Å². The fourth-order valence-electron chi connectivity index (χ4n) is 2.17. The van der Waals surface area contributed by atoms with Crippen molar-refractivity contribution < 1.29 is 14.6 Å². The summed E-state index contributed by atoms with van der Waals surface area (Å²) in [5, 5.41) is 9.84. The maximum atomic E-state index is 12.5. The van der Waals surface area contributed by atoms with Crippen molar-refractivity contribution in [2.24, 2.45) is 0 Å². The molecule has 1 amide bonds. The van der Waals surface area contributed by atoms with Crippen molar-refractivity contribution in [1.82, 2.24) is 4.90 Å². The molecule has 1 fully saturated rings. The molecular formula is C14H18ClNO3. The minimum Gasteiger partial charge on any atom is -0.507 e. The third-order valence-corrected chi connectivity index (χ3v) is 3.67. The van der Waals surface area contributed by atoms with E-state index in [1.54, 1.807) is 23.1 Å². The van der Waals surface area contributed by atoms with Crippen molar-refractivity contribution in [1.29, 1.82) is 0 Å². The molecule has 1 saturated heterocycles. The first-order valence-electron chi connectivity index (χ1n) is 6.31.